The van der Waals surface area contributed by atoms with E-state index in [0.29, 0.717) is 5.92 Å². The number of hydrogen-bond donors (Lipinski definition) is 1. The molecular weight excluding hydrogens is 230 g/mol. The van der Waals surface area contributed by atoms with Crippen LogP contribution in [-0.2, 0) is 0 Å². The molecule has 0 aliphatic carbocycles. The molecule has 0 saturated carbocycles. The fourth-order valence-electron chi connectivity index (χ4n) is 1.79. The molecule has 0 radical (unpaired) electrons. The van der Waals surface area contributed by atoms with Crippen LogP contribution in [0.2, 0.25) is 0 Å². The first-order chi connectivity index (χ1) is 8.06. The number of ether oxygens (including phenoxy) is 1. The van der Waals surface area contributed by atoms with Crippen LogP contribution in [0.15, 0.2) is 24.3 Å². The normalized spacial score (nSPS) is 14.7. The molecule has 0 heterocycles. The Labute approximate surface area is 109 Å². The number of nitrogens with two attached hydrogens (primary N) is 1. The Bertz CT molecular complexity index is 341. The SMILES string of the molecule is CSCC(C)C(N)c1ccccc1OC(C)C. The predicted molar refractivity (Wildman–Crippen MR) is 76.7 cm³/mol. The van der Waals surface area contributed by atoms with Gasteiger partial charge in [0, 0.05) is 11.6 Å². The van der Waals surface area contributed by atoms with Crippen LogP contribution < -0.4 is 10.5 Å². The van der Waals surface area contributed by atoms with E-state index in [-0.39, 0.29) is 12.1 Å². The van der Waals surface area contributed by atoms with Crippen molar-refractivity contribution in [1.82, 2.24) is 0 Å². The van der Waals surface area contributed by atoms with Gasteiger partial charge in [0.2, 0.25) is 0 Å². The largest absolute Gasteiger partial charge is 0.491 e. The molecule has 0 spiro atoms. The van der Waals surface area contributed by atoms with E-state index in [4.69, 9.17) is 10.5 Å². The van der Waals surface area contributed by atoms with Gasteiger partial charge in [-0.25, -0.2) is 0 Å². The second-order valence-electron chi connectivity index (χ2n) is 4.66. The maximum Gasteiger partial charge on any atom is 0.124 e. The summed E-state index contributed by atoms with van der Waals surface area (Å²) < 4.78 is 5.81. The topological polar surface area (TPSA) is 35.2 Å². The smallest absolute Gasteiger partial charge is 0.124 e. The third-order valence-electron chi connectivity index (χ3n) is 2.68. The molecule has 96 valence electrons. The lowest BCUT2D eigenvalue weighted by molar-refractivity contribution is 0.237. The van der Waals surface area contributed by atoms with Gasteiger partial charge in [-0.1, -0.05) is 25.1 Å². The molecule has 2 unspecified atom stereocenters. The molecule has 3 heteroatoms. The number of para-hydroxylation sites is 1. The molecule has 2 nitrogen and oxygen atoms in total. The van der Waals surface area contributed by atoms with Crippen molar-refractivity contribution in [3.05, 3.63) is 29.8 Å². The monoisotopic (exact) mass is 253 g/mol. The average molecular weight is 253 g/mol. The standard InChI is InChI=1S/C14H23NOS/c1-10(2)16-13-8-6-5-7-12(13)14(15)11(3)9-17-4/h5-8,10-11,14H,9,15H2,1-4H3. The molecule has 0 bridgehead atoms. The lowest BCUT2D eigenvalue weighted by Crippen LogP contribution is -2.22. The fraction of sp³-hybridized carbons (Fsp3) is 0.571. The molecule has 0 saturated heterocycles. The quantitative estimate of drug-likeness (QED) is 0.843. The van der Waals surface area contributed by atoms with Gasteiger partial charge in [0.05, 0.1) is 6.10 Å². The molecule has 2 N–H and O–H groups in total. The Kier molecular flexibility index (Phi) is 5.86. The first-order valence-electron chi connectivity index (χ1n) is 6.06. The highest BCUT2D eigenvalue weighted by atomic mass is 32.2. The summed E-state index contributed by atoms with van der Waals surface area (Å²) in [4.78, 5) is 0. The number of benzene rings is 1. The van der Waals surface area contributed by atoms with Crippen molar-refractivity contribution >= 4 is 11.8 Å². The van der Waals surface area contributed by atoms with E-state index in [9.17, 15) is 0 Å². The van der Waals surface area contributed by atoms with Gasteiger partial charge in [-0.2, -0.15) is 11.8 Å². The fourth-order valence-corrected chi connectivity index (χ4v) is 2.52. The van der Waals surface area contributed by atoms with Gasteiger partial charge in [0.1, 0.15) is 5.75 Å². The van der Waals surface area contributed by atoms with E-state index in [2.05, 4.69) is 19.2 Å². The summed E-state index contributed by atoms with van der Waals surface area (Å²) in [5.74, 6) is 2.43. The van der Waals surface area contributed by atoms with Gasteiger partial charge < -0.3 is 10.5 Å². The third kappa shape index (κ3) is 4.25. The summed E-state index contributed by atoms with van der Waals surface area (Å²) in [6.45, 7) is 6.26. The summed E-state index contributed by atoms with van der Waals surface area (Å²) in [7, 11) is 0. The van der Waals surface area contributed by atoms with Gasteiger partial charge in [0.15, 0.2) is 0 Å². The molecule has 0 amide bonds. The predicted octanol–water partition coefficient (Wildman–Crippen LogP) is 3.47. The Balaban J connectivity index is 2.88. The van der Waals surface area contributed by atoms with Gasteiger partial charge >= 0.3 is 0 Å². The third-order valence-corrected chi connectivity index (χ3v) is 3.54. The Morgan fingerprint density at radius 2 is 1.88 bits per heavy atom. The van der Waals surface area contributed by atoms with E-state index < -0.39 is 0 Å². The Morgan fingerprint density at radius 1 is 1.24 bits per heavy atom. The van der Waals surface area contributed by atoms with Crippen molar-refractivity contribution in [2.45, 2.75) is 32.9 Å². The van der Waals surface area contributed by atoms with Gasteiger partial charge in [-0.05, 0) is 37.8 Å². The summed E-state index contributed by atoms with van der Waals surface area (Å²) in [6, 6.07) is 8.12. The molecule has 1 rings (SSSR count). The molecule has 0 aromatic heterocycles. The minimum atomic E-state index is 0.0393. The second kappa shape index (κ2) is 6.92. The van der Waals surface area contributed by atoms with Crippen LogP contribution in [-0.4, -0.2) is 18.1 Å². The van der Waals surface area contributed by atoms with E-state index in [1.807, 2.05) is 43.8 Å². The van der Waals surface area contributed by atoms with Gasteiger partial charge in [-0.15, -0.1) is 0 Å². The number of hydrogen-bond acceptors (Lipinski definition) is 3. The first-order valence-corrected chi connectivity index (χ1v) is 7.45. The molecule has 2 atom stereocenters. The molecule has 0 aliphatic heterocycles. The molecule has 0 aliphatic rings. The minimum absolute atomic E-state index is 0.0393. The van der Waals surface area contributed by atoms with Gasteiger partial charge in [0.25, 0.3) is 0 Å². The zero-order valence-corrected chi connectivity index (χ0v) is 12.0. The van der Waals surface area contributed by atoms with Crippen molar-refractivity contribution in [1.29, 1.82) is 0 Å². The van der Waals surface area contributed by atoms with Crippen LogP contribution in [0.4, 0.5) is 0 Å². The van der Waals surface area contributed by atoms with E-state index in [1.165, 1.54) is 0 Å². The molecule has 1 aromatic carbocycles. The van der Waals surface area contributed by atoms with Crippen LogP contribution >= 0.6 is 11.8 Å². The van der Waals surface area contributed by atoms with Crippen LogP contribution in [0, 0.1) is 5.92 Å². The molecule has 17 heavy (non-hydrogen) atoms. The van der Waals surface area contributed by atoms with Crippen molar-refractivity contribution in [2.75, 3.05) is 12.0 Å². The average Bonchev–Trinajstić information content (AvgIpc) is 2.28. The van der Waals surface area contributed by atoms with Crippen LogP contribution in [0.3, 0.4) is 0 Å². The van der Waals surface area contributed by atoms with Crippen molar-refractivity contribution < 1.29 is 4.74 Å². The minimum Gasteiger partial charge on any atom is -0.491 e. The summed E-state index contributed by atoms with van der Waals surface area (Å²) in [5, 5.41) is 0. The van der Waals surface area contributed by atoms with E-state index in [0.717, 1.165) is 17.1 Å². The Hall–Kier alpha value is -0.670. The van der Waals surface area contributed by atoms with Crippen molar-refractivity contribution in [2.24, 2.45) is 11.7 Å². The maximum atomic E-state index is 6.31. The summed E-state index contributed by atoms with van der Waals surface area (Å²) >= 11 is 1.83. The Morgan fingerprint density at radius 3 is 2.47 bits per heavy atom. The van der Waals surface area contributed by atoms with Crippen LogP contribution in [0.5, 0.6) is 5.75 Å². The highest BCUT2D eigenvalue weighted by Crippen LogP contribution is 2.30. The molecular formula is C14H23NOS. The van der Waals surface area contributed by atoms with Gasteiger partial charge in [-0.3, -0.25) is 0 Å². The van der Waals surface area contributed by atoms with Crippen LogP contribution in [0.25, 0.3) is 0 Å². The number of thioether (sulfide) groups is 1. The highest BCUT2D eigenvalue weighted by molar-refractivity contribution is 7.98. The first kappa shape index (κ1) is 14.4. The highest BCUT2D eigenvalue weighted by Gasteiger charge is 2.18. The van der Waals surface area contributed by atoms with Crippen molar-refractivity contribution in [3.63, 3.8) is 0 Å². The zero-order chi connectivity index (χ0) is 12.8. The molecule has 0 fully saturated rings. The zero-order valence-electron chi connectivity index (χ0n) is 11.1. The van der Waals surface area contributed by atoms with Crippen molar-refractivity contribution in [3.8, 4) is 5.75 Å². The molecule has 1 aromatic rings. The number of rotatable bonds is 6. The van der Waals surface area contributed by atoms with E-state index >= 15 is 0 Å². The second-order valence-corrected chi connectivity index (χ2v) is 5.57. The summed E-state index contributed by atoms with van der Waals surface area (Å²) in [6.07, 6.45) is 2.29. The lowest BCUT2D eigenvalue weighted by atomic mass is 9.96. The maximum absolute atomic E-state index is 6.31. The van der Waals surface area contributed by atoms with E-state index in [1.54, 1.807) is 0 Å². The lowest BCUT2D eigenvalue weighted by Gasteiger charge is -2.23. The van der Waals surface area contributed by atoms with Crippen LogP contribution in [0.1, 0.15) is 32.4 Å². The summed E-state index contributed by atoms with van der Waals surface area (Å²) in [5.41, 5.74) is 7.42.